The summed E-state index contributed by atoms with van der Waals surface area (Å²) in [4.78, 5) is 12.8. The molecule has 0 radical (unpaired) electrons. The number of carboxylic acid groups (broad SMARTS) is 1. The van der Waals surface area contributed by atoms with Gasteiger partial charge < -0.3 is 5.11 Å². The first kappa shape index (κ1) is 20.1. The summed E-state index contributed by atoms with van der Waals surface area (Å²) < 4.78 is 27.9. The number of sulfonamides is 1. The zero-order valence-corrected chi connectivity index (χ0v) is 17.2. The number of carbonyl (C=O) groups is 1. The van der Waals surface area contributed by atoms with Crippen LogP contribution in [-0.2, 0) is 10.0 Å². The van der Waals surface area contributed by atoms with Crippen LogP contribution in [0.3, 0.4) is 0 Å². The zero-order valence-electron chi connectivity index (χ0n) is 15.6. The molecule has 5 nitrogen and oxygen atoms in total. The Hall–Kier alpha value is -2.64. The summed E-state index contributed by atoms with van der Waals surface area (Å²) in [5.41, 5.74) is 1.05. The molecular weight excluding hydrogens is 394 g/mol. The average Bonchev–Trinajstić information content (AvgIpc) is 3.12. The van der Waals surface area contributed by atoms with Gasteiger partial charge in [0, 0.05) is 11.4 Å². The highest BCUT2D eigenvalue weighted by atomic mass is 32.2. The van der Waals surface area contributed by atoms with Gasteiger partial charge in [-0.05, 0) is 29.7 Å². The zero-order chi connectivity index (χ0) is 20.3. The minimum absolute atomic E-state index is 0.0130. The second kappa shape index (κ2) is 8.16. The highest BCUT2D eigenvalue weighted by Crippen LogP contribution is 2.39. The average molecular weight is 416 g/mol. The summed E-state index contributed by atoms with van der Waals surface area (Å²) in [5.74, 6) is -1.13. The minimum Gasteiger partial charge on any atom is -0.477 e. The SMILES string of the molecule is CC(C)CN(c1cc(-c2ccccc2)sc1C(=O)O)S(=O)(=O)c1ccccc1. The van der Waals surface area contributed by atoms with Crippen molar-refractivity contribution in [3.63, 3.8) is 0 Å². The van der Waals surface area contributed by atoms with Gasteiger partial charge in [-0.25, -0.2) is 13.2 Å². The number of rotatable bonds is 7. The molecule has 146 valence electrons. The molecule has 2 aromatic carbocycles. The van der Waals surface area contributed by atoms with E-state index in [0.29, 0.717) is 4.88 Å². The lowest BCUT2D eigenvalue weighted by atomic mass is 10.2. The van der Waals surface area contributed by atoms with E-state index in [1.807, 2.05) is 44.2 Å². The van der Waals surface area contributed by atoms with Crippen LogP contribution in [0.2, 0.25) is 0 Å². The Balaban J connectivity index is 2.18. The molecule has 3 rings (SSSR count). The molecule has 1 N–H and O–H groups in total. The monoisotopic (exact) mass is 415 g/mol. The van der Waals surface area contributed by atoms with E-state index in [4.69, 9.17) is 0 Å². The normalized spacial score (nSPS) is 11.5. The molecule has 0 saturated carbocycles. The number of aromatic carboxylic acids is 1. The lowest BCUT2D eigenvalue weighted by Crippen LogP contribution is -2.35. The summed E-state index contributed by atoms with van der Waals surface area (Å²) in [6.07, 6.45) is 0. The van der Waals surface area contributed by atoms with Crippen LogP contribution in [0, 0.1) is 5.92 Å². The Labute approximate surface area is 168 Å². The smallest absolute Gasteiger partial charge is 0.348 e. The van der Waals surface area contributed by atoms with Crippen LogP contribution in [0.25, 0.3) is 10.4 Å². The molecule has 0 saturated heterocycles. The van der Waals surface area contributed by atoms with Crippen molar-refractivity contribution in [2.24, 2.45) is 5.92 Å². The molecule has 7 heteroatoms. The van der Waals surface area contributed by atoms with Crippen molar-refractivity contribution in [3.8, 4) is 10.4 Å². The summed E-state index contributed by atoms with van der Waals surface area (Å²) in [7, 11) is -3.90. The van der Waals surface area contributed by atoms with Crippen LogP contribution in [0.15, 0.2) is 71.6 Å². The summed E-state index contributed by atoms with van der Waals surface area (Å²) in [6, 6.07) is 19.1. The van der Waals surface area contributed by atoms with Gasteiger partial charge in [0.25, 0.3) is 10.0 Å². The fourth-order valence-corrected chi connectivity index (χ4v) is 5.56. The van der Waals surface area contributed by atoms with Crippen molar-refractivity contribution in [1.82, 2.24) is 0 Å². The Bertz CT molecular complexity index is 1060. The van der Waals surface area contributed by atoms with Crippen molar-refractivity contribution in [2.75, 3.05) is 10.8 Å². The minimum atomic E-state index is -3.90. The van der Waals surface area contributed by atoms with Gasteiger partial charge in [0.05, 0.1) is 10.6 Å². The van der Waals surface area contributed by atoms with Crippen LogP contribution in [0.1, 0.15) is 23.5 Å². The van der Waals surface area contributed by atoms with Crippen LogP contribution < -0.4 is 4.31 Å². The van der Waals surface area contributed by atoms with Gasteiger partial charge in [-0.2, -0.15) is 0 Å². The lowest BCUT2D eigenvalue weighted by Gasteiger charge is -2.26. The Kier molecular flexibility index (Phi) is 5.86. The number of hydrogen-bond acceptors (Lipinski definition) is 4. The number of benzene rings is 2. The van der Waals surface area contributed by atoms with Gasteiger partial charge in [0.2, 0.25) is 0 Å². The summed E-state index contributed by atoms with van der Waals surface area (Å²) in [5, 5.41) is 9.73. The van der Waals surface area contributed by atoms with Gasteiger partial charge in [-0.1, -0.05) is 62.4 Å². The largest absolute Gasteiger partial charge is 0.477 e. The van der Waals surface area contributed by atoms with E-state index in [2.05, 4.69) is 0 Å². The Morgan fingerprint density at radius 3 is 2.14 bits per heavy atom. The molecule has 0 unspecified atom stereocenters. The second-order valence-corrected chi connectivity index (χ2v) is 9.65. The van der Waals surface area contributed by atoms with Crippen molar-refractivity contribution in [1.29, 1.82) is 0 Å². The van der Waals surface area contributed by atoms with E-state index in [1.165, 1.54) is 16.4 Å². The number of thiophene rings is 1. The third kappa shape index (κ3) is 4.10. The van der Waals surface area contributed by atoms with Crippen molar-refractivity contribution < 1.29 is 18.3 Å². The third-order valence-corrected chi connectivity index (χ3v) is 7.05. The molecule has 0 aliphatic carbocycles. The number of carboxylic acids is 1. The molecule has 3 aromatic rings. The van der Waals surface area contributed by atoms with E-state index < -0.39 is 16.0 Å². The second-order valence-electron chi connectivity index (χ2n) is 6.74. The van der Waals surface area contributed by atoms with Gasteiger partial charge >= 0.3 is 5.97 Å². The molecule has 0 bridgehead atoms. The fourth-order valence-electron chi connectivity index (χ4n) is 2.84. The summed E-state index contributed by atoms with van der Waals surface area (Å²) in [6.45, 7) is 3.99. The summed E-state index contributed by atoms with van der Waals surface area (Å²) >= 11 is 1.08. The number of hydrogen-bond donors (Lipinski definition) is 1. The van der Waals surface area contributed by atoms with E-state index in [1.54, 1.807) is 24.3 Å². The maximum atomic E-state index is 13.3. The predicted molar refractivity (Wildman–Crippen MR) is 113 cm³/mol. The molecular formula is C21H21NO4S2. The van der Waals surface area contributed by atoms with Crippen LogP contribution in [0.5, 0.6) is 0 Å². The third-order valence-electron chi connectivity index (χ3n) is 4.10. The van der Waals surface area contributed by atoms with E-state index in [-0.39, 0.29) is 27.9 Å². The topological polar surface area (TPSA) is 74.7 Å². The molecule has 0 aliphatic rings. The van der Waals surface area contributed by atoms with E-state index in [0.717, 1.165) is 16.9 Å². The lowest BCUT2D eigenvalue weighted by molar-refractivity contribution is 0.0703. The highest BCUT2D eigenvalue weighted by molar-refractivity contribution is 7.92. The quantitative estimate of drug-likeness (QED) is 0.591. The van der Waals surface area contributed by atoms with Crippen LogP contribution in [0.4, 0.5) is 5.69 Å². The van der Waals surface area contributed by atoms with Crippen molar-refractivity contribution in [2.45, 2.75) is 18.7 Å². The maximum absolute atomic E-state index is 13.3. The fraction of sp³-hybridized carbons (Fsp3) is 0.190. The van der Waals surface area contributed by atoms with Crippen molar-refractivity contribution in [3.05, 3.63) is 71.6 Å². The van der Waals surface area contributed by atoms with Crippen LogP contribution in [-0.4, -0.2) is 26.0 Å². The molecule has 0 aliphatic heterocycles. The highest BCUT2D eigenvalue weighted by Gasteiger charge is 2.31. The molecule has 1 heterocycles. The number of anilines is 1. The van der Waals surface area contributed by atoms with Crippen molar-refractivity contribution >= 4 is 33.0 Å². The molecule has 0 spiro atoms. The first-order valence-electron chi connectivity index (χ1n) is 8.81. The molecule has 0 atom stereocenters. The molecule has 1 aromatic heterocycles. The van der Waals surface area contributed by atoms with Gasteiger partial charge in [0.1, 0.15) is 4.88 Å². The van der Waals surface area contributed by atoms with Gasteiger partial charge in [-0.3, -0.25) is 4.31 Å². The molecule has 28 heavy (non-hydrogen) atoms. The van der Waals surface area contributed by atoms with Gasteiger partial charge in [0.15, 0.2) is 0 Å². The van der Waals surface area contributed by atoms with Gasteiger partial charge in [-0.15, -0.1) is 11.3 Å². The first-order chi connectivity index (χ1) is 13.3. The number of nitrogens with zero attached hydrogens (tertiary/aromatic N) is 1. The van der Waals surface area contributed by atoms with E-state index >= 15 is 0 Å². The molecule has 0 amide bonds. The molecule has 0 fully saturated rings. The Morgan fingerprint density at radius 1 is 1.04 bits per heavy atom. The predicted octanol–water partition coefficient (Wildman–Crippen LogP) is 4.96. The first-order valence-corrected chi connectivity index (χ1v) is 11.1. The Morgan fingerprint density at radius 2 is 1.61 bits per heavy atom. The van der Waals surface area contributed by atoms with Crippen LogP contribution >= 0.6 is 11.3 Å². The maximum Gasteiger partial charge on any atom is 0.348 e. The standard InChI is InChI=1S/C21H21NO4S2/c1-15(2)14-22(28(25,26)17-11-7-4-8-12-17)18-13-19(27-20(18)21(23)24)16-9-5-3-6-10-16/h3-13,15H,14H2,1-2H3,(H,23,24). The van der Waals surface area contributed by atoms with E-state index in [9.17, 15) is 18.3 Å².